The molecule has 1 aliphatic carbocycles. The van der Waals surface area contributed by atoms with Gasteiger partial charge in [-0.3, -0.25) is 23.9 Å². The lowest BCUT2D eigenvalue weighted by molar-refractivity contribution is -0.141. The van der Waals surface area contributed by atoms with E-state index in [1.165, 1.54) is 29.5 Å². The minimum absolute atomic E-state index is 0.0642. The average Bonchev–Trinajstić information content (AvgIpc) is 3.51. The first-order chi connectivity index (χ1) is 25.9. The fraction of sp³-hybridized carbons (Fsp3) is 0.447. The number of piperidine rings is 1. The average molecular weight is 797 g/mol. The van der Waals surface area contributed by atoms with E-state index in [0.29, 0.717) is 35.1 Å². The summed E-state index contributed by atoms with van der Waals surface area (Å²) in [6.07, 6.45) is 0.731. The largest absolute Gasteiger partial charge is 0.433 e. The number of benzene rings is 1. The predicted octanol–water partition coefficient (Wildman–Crippen LogP) is 6.02. The number of Topliss-reactive ketones (excluding diaryl/α,β-unsaturated/α-hetero) is 1. The number of likely N-dealkylation sites (tertiary alicyclic amines) is 1. The second-order valence-corrected chi connectivity index (χ2v) is 16.0. The van der Waals surface area contributed by atoms with Crippen LogP contribution in [-0.4, -0.2) is 89.1 Å². The highest BCUT2D eigenvalue weighted by atomic mass is 33.1. The quantitative estimate of drug-likeness (QED) is 0.0684. The van der Waals surface area contributed by atoms with Crippen molar-refractivity contribution in [3.05, 3.63) is 65.0 Å². The van der Waals surface area contributed by atoms with Crippen molar-refractivity contribution < 1.29 is 32.3 Å². The second-order valence-electron chi connectivity index (χ2n) is 14.7. The number of aromatic nitrogens is 5. The Kier molecular flexibility index (Phi) is 11.3. The Morgan fingerprint density at radius 3 is 2.45 bits per heavy atom. The number of nitrogens with one attached hydrogen (secondary N) is 1. The molecule has 0 spiro atoms. The third-order valence-electron chi connectivity index (χ3n) is 10.6. The number of aryl methyl sites for hydroxylation is 3. The van der Waals surface area contributed by atoms with Gasteiger partial charge in [0.05, 0.1) is 5.52 Å². The van der Waals surface area contributed by atoms with E-state index in [4.69, 9.17) is 0 Å². The number of amides is 3. The molecule has 292 valence electrons. The maximum absolute atomic E-state index is 14.5. The van der Waals surface area contributed by atoms with Crippen molar-refractivity contribution in [2.24, 2.45) is 11.3 Å². The topological polar surface area (TPSA) is 143 Å². The lowest BCUT2D eigenvalue weighted by Gasteiger charge is -2.27. The molecular weight excluding hydrogens is 754 g/mol. The lowest BCUT2D eigenvalue weighted by atomic mass is 9.97. The highest BCUT2D eigenvalue weighted by molar-refractivity contribution is 8.67. The number of thiol groups is 2. The van der Waals surface area contributed by atoms with Crippen molar-refractivity contribution in [1.29, 1.82) is 0 Å². The van der Waals surface area contributed by atoms with Crippen LogP contribution in [0.25, 0.3) is 22.0 Å². The fourth-order valence-electron chi connectivity index (χ4n) is 7.71. The molecule has 0 bridgehead atoms. The van der Waals surface area contributed by atoms with Crippen molar-refractivity contribution in [3.63, 3.8) is 0 Å². The molecule has 17 heteroatoms. The number of alkyl halides is 3. The molecule has 1 aromatic carbocycles. The molecule has 1 saturated heterocycles. The van der Waals surface area contributed by atoms with E-state index in [-0.39, 0.29) is 48.6 Å². The molecule has 6 rings (SSSR count). The van der Waals surface area contributed by atoms with Crippen LogP contribution < -0.4 is 5.32 Å². The molecule has 3 aromatic heterocycles. The molecule has 0 radical (unpaired) electrons. The van der Waals surface area contributed by atoms with Gasteiger partial charge in [-0.05, 0) is 81.3 Å². The molecule has 1 saturated carbocycles. The first-order valence-corrected chi connectivity index (χ1v) is 19.9. The third-order valence-corrected chi connectivity index (χ3v) is 11.5. The predicted molar refractivity (Wildman–Crippen MR) is 209 cm³/mol. The zero-order valence-corrected chi connectivity index (χ0v) is 33.1. The van der Waals surface area contributed by atoms with Gasteiger partial charge in [-0.25, -0.2) is 15.0 Å². The van der Waals surface area contributed by atoms with Gasteiger partial charge in [-0.2, -0.15) is 18.3 Å². The molecule has 1 aliphatic heterocycles. The number of carbonyl (C=O) groups is 4. The molecule has 1 N–H and O–H groups in total. The van der Waals surface area contributed by atoms with E-state index >= 15 is 0 Å². The Labute approximate surface area is 325 Å². The summed E-state index contributed by atoms with van der Waals surface area (Å²) in [4.78, 5) is 70.1. The smallest absolute Gasteiger partial charge is 0.345 e. The van der Waals surface area contributed by atoms with E-state index in [1.54, 1.807) is 31.3 Å². The monoisotopic (exact) mass is 796 g/mol. The normalized spacial score (nSPS) is 19.9. The van der Waals surface area contributed by atoms with Crippen LogP contribution in [0.1, 0.15) is 72.7 Å². The number of hydrogen-bond acceptors (Lipinski definition) is 9. The molecule has 4 heterocycles. The highest BCUT2D eigenvalue weighted by Crippen LogP contribution is 2.60. The molecule has 2 fully saturated rings. The van der Waals surface area contributed by atoms with Crippen molar-refractivity contribution >= 4 is 67.6 Å². The van der Waals surface area contributed by atoms with Gasteiger partial charge in [-0.15, -0.1) is 22.0 Å². The minimum atomic E-state index is -4.73. The van der Waals surface area contributed by atoms with E-state index < -0.39 is 41.2 Å². The van der Waals surface area contributed by atoms with Crippen LogP contribution in [0.2, 0.25) is 0 Å². The van der Waals surface area contributed by atoms with Gasteiger partial charge in [0, 0.05) is 61.2 Å². The standard InChI is InChI=1S/C38H43F3N8O4S2/c1-20-9-10-29(38(39,40)41)44-34(20)45-35(52)28-14-37(19-47(6)36(53)21(2)8-7-11-55-54)15-30(37)49(28)31(51)18-48-33-22(3)12-25(26-16-42-24(5)43-17-26)13-27(33)32(46-48)23(4)50/h9-13,16-17,21,28,30,54-55H,7-8,14-15,18-19H2,1-6H3,(H,44,45,52)/t21-,28-,30+,37-/m0/s1. The molecule has 55 heavy (non-hydrogen) atoms. The van der Waals surface area contributed by atoms with Crippen molar-refractivity contribution in [2.75, 3.05) is 18.9 Å². The molecule has 4 atom stereocenters. The number of halogens is 3. The number of hydrogen-bond donors (Lipinski definition) is 3. The minimum Gasteiger partial charge on any atom is -0.345 e. The third kappa shape index (κ3) is 8.18. The first-order valence-electron chi connectivity index (χ1n) is 17.8. The molecular formula is C38H43F3N8O4S2. The number of nitrogens with zero attached hydrogens (tertiary/aromatic N) is 7. The molecule has 0 unspecified atom stereocenters. The summed E-state index contributed by atoms with van der Waals surface area (Å²) in [5.74, 6) is -1.42. The van der Waals surface area contributed by atoms with Gasteiger partial charge in [0.15, 0.2) is 5.78 Å². The zero-order chi connectivity index (χ0) is 40.0. The lowest BCUT2D eigenvalue weighted by Crippen LogP contribution is -2.47. The van der Waals surface area contributed by atoms with Gasteiger partial charge >= 0.3 is 6.18 Å². The van der Waals surface area contributed by atoms with Crippen LogP contribution in [0.15, 0.2) is 36.7 Å². The van der Waals surface area contributed by atoms with Gasteiger partial charge in [0.1, 0.15) is 35.6 Å². The van der Waals surface area contributed by atoms with Crippen molar-refractivity contribution in [2.45, 2.75) is 85.1 Å². The maximum Gasteiger partial charge on any atom is 0.433 e. The van der Waals surface area contributed by atoms with Gasteiger partial charge in [0.2, 0.25) is 17.7 Å². The van der Waals surface area contributed by atoms with E-state index in [1.807, 2.05) is 31.3 Å². The number of anilines is 1. The van der Waals surface area contributed by atoms with Crippen molar-refractivity contribution in [1.82, 2.24) is 34.5 Å². The van der Waals surface area contributed by atoms with Crippen LogP contribution in [0.3, 0.4) is 0 Å². The van der Waals surface area contributed by atoms with Crippen LogP contribution in [0, 0.1) is 32.1 Å². The van der Waals surface area contributed by atoms with Crippen LogP contribution in [0.4, 0.5) is 19.0 Å². The Bertz CT molecular complexity index is 2210. The zero-order valence-electron chi connectivity index (χ0n) is 31.3. The number of carbonyl (C=O) groups excluding carboxylic acids is 4. The van der Waals surface area contributed by atoms with E-state index in [0.717, 1.165) is 39.6 Å². The summed E-state index contributed by atoms with van der Waals surface area (Å²) >= 11 is 4.18. The molecule has 12 nitrogen and oxygen atoms in total. The summed E-state index contributed by atoms with van der Waals surface area (Å²) in [7, 11) is 2.54. The van der Waals surface area contributed by atoms with E-state index in [2.05, 4.69) is 37.0 Å². The van der Waals surface area contributed by atoms with Gasteiger partial charge < -0.3 is 15.1 Å². The van der Waals surface area contributed by atoms with Gasteiger partial charge in [-0.1, -0.05) is 18.4 Å². The number of ketones is 1. The Morgan fingerprint density at radius 2 is 1.80 bits per heavy atom. The van der Waals surface area contributed by atoms with Crippen molar-refractivity contribution in [3.8, 4) is 11.1 Å². The highest BCUT2D eigenvalue weighted by Gasteiger charge is 2.67. The number of fused-ring (bicyclic) bond motifs is 2. The van der Waals surface area contributed by atoms with Crippen LogP contribution >= 0.6 is 22.0 Å². The molecule has 4 aromatic rings. The van der Waals surface area contributed by atoms with Crippen LogP contribution in [0.5, 0.6) is 0 Å². The molecule has 2 aliphatic rings. The fourth-order valence-corrected chi connectivity index (χ4v) is 8.32. The number of pyridine rings is 1. The van der Waals surface area contributed by atoms with Gasteiger partial charge in [0.25, 0.3) is 0 Å². The van der Waals surface area contributed by atoms with Crippen LogP contribution in [-0.2, 0) is 27.1 Å². The Morgan fingerprint density at radius 1 is 1.09 bits per heavy atom. The Balaban J connectivity index is 1.32. The summed E-state index contributed by atoms with van der Waals surface area (Å²) in [6.45, 7) is 8.38. The first kappa shape index (κ1) is 40.0. The Hall–Kier alpha value is -4.64. The SMILES string of the molecule is CC(=O)c1nn(CC(=O)N2[C@H](C(=O)Nc3nc(C(F)(F)F)ccc3C)C[C@@]3(CN(C)C(=O)[C@@H](C)CC/C=[SH]/S)C[C@@H]23)c2c(C)cc(-c3cnc(C)nc3)cc12. The summed E-state index contributed by atoms with van der Waals surface area (Å²) < 4.78 is 42.2. The van der Waals surface area contributed by atoms with E-state index in [9.17, 15) is 32.3 Å². The summed E-state index contributed by atoms with van der Waals surface area (Å²) in [5, 5.41) is 9.65. The summed E-state index contributed by atoms with van der Waals surface area (Å²) in [6, 6.07) is 4.29. The number of rotatable bonds is 12. The summed E-state index contributed by atoms with van der Waals surface area (Å²) in [5.41, 5.74) is 1.54. The second kappa shape index (κ2) is 15.5. The maximum atomic E-state index is 14.5. The molecule has 3 amide bonds.